The van der Waals surface area contributed by atoms with Crippen LogP contribution >= 0.6 is 11.3 Å². The van der Waals surface area contributed by atoms with Crippen molar-refractivity contribution < 1.29 is 0 Å². The largest absolute Gasteiger partial charge is 0.298 e. The van der Waals surface area contributed by atoms with E-state index in [0.29, 0.717) is 6.04 Å². The van der Waals surface area contributed by atoms with Gasteiger partial charge in [-0.2, -0.15) is 11.3 Å². The van der Waals surface area contributed by atoms with Gasteiger partial charge in [-0.25, -0.2) is 0 Å². The molecule has 0 bridgehead atoms. The summed E-state index contributed by atoms with van der Waals surface area (Å²) in [4.78, 5) is 5.38. The first-order valence-electron chi connectivity index (χ1n) is 6.85. The Labute approximate surface area is 108 Å². The number of fused-ring (bicyclic) bond motifs is 1. The first-order chi connectivity index (χ1) is 8.34. The minimum atomic E-state index is 0.602. The van der Waals surface area contributed by atoms with Crippen molar-refractivity contribution in [3.05, 3.63) is 22.4 Å². The Morgan fingerprint density at radius 1 is 1.29 bits per heavy atom. The van der Waals surface area contributed by atoms with E-state index < -0.39 is 0 Å². The van der Waals surface area contributed by atoms with Gasteiger partial charge in [0.25, 0.3) is 0 Å². The highest BCUT2D eigenvalue weighted by atomic mass is 32.1. The third-order valence-electron chi connectivity index (χ3n) is 4.44. The molecule has 0 aromatic carbocycles. The van der Waals surface area contributed by atoms with Crippen LogP contribution in [0, 0.1) is 0 Å². The summed E-state index contributed by atoms with van der Waals surface area (Å²) in [5, 5.41) is 4.50. The lowest BCUT2D eigenvalue weighted by atomic mass is 9.98. The van der Waals surface area contributed by atoms with Gasteiger partial charge in [0.15, 0.2) is 0 Å². The number of hydrogen-bond acceptors (Lipinski definition) is 3. The average molecular weight is 250 g/mol. The predicted molar refractivity (Wildman–Crippen MR) is 73.5 cm³/mol. The van der Waals surface area contributed by atoms with Gasteiger partial charge in [0.05, 0.1) is 0 Å². The Morgan fingerprint density at radius 2 is 2.24 bits per heavy atom. The van der Waals surface area contributed by atoms with E-state index in [-0.39, 0.29) is 0 Å². The Bertz CT molecular complexity index is 349. The zero-order valence-corrected chi connectivity index (χ0v) is 11.5. The van der Waals surface area contributed by atoms with E-state index in [1.54, 1.807) is 0 Å². The molecule has 2 aliphatic heterocycles. The molecule has 17 heavy (non-hydrogen) atoms. The second-order valence-corrected chi connectivity index (χ2v) is 6.19. The maximum absolute atomic E-state index is 2.71. The summed E-state index contributed by atoms with van der Waals surface area (Å²) < 4.78 is 0. The van der Waals surface area contributed by atoms with Gasteiger partial charge >= 0.3 is 0 Å². The van der Waals surface area contributed by atoms with E-state index in [1.807, 2.05) is 11.3 Å². The molecule has 0 N–H and O–H groups in total. The van der Waals surface area contributed by atoms with Gasteiger partial charge in [0, 0.05) is 31.7 Å². The predicted octanol–water partition coefficient (Wildman–Crippen LogP) is 2.98. The summed E-state index contributed by atoms with van der Waals surface area (Å²) in [5.74, 6) is 0. The molecule has 2 nitrogen and oxygen atoms in total. The van der Waals surface area contributed by atoms with Crippen LogP contribution in [0.25, 0.3) is 0 Å². The standard InChI is InChI=1S/C14H22N2S/c1-12(13-5-9-17-11-13)16-8-7-15-6-3-2-4-14(15)10-16/h5,9,11-12,14H,2-4,6-8,10H2,1H3. The molecule has 1 aromatic heterocycles. The number of rotatable bonds is 2. The van der Waals surface area contributed by atoms with Crippen LogP contribution in [0.3, 0.4) is 0 Å². The first kappa shape index (κ1) is 11.7. The van der Waals surface area contributed by atoms with Gasteiger partial charge in [-0.1, -0.05) is 6.42 Å². The number of piperidine rings is 1. The Balaban J connectivity index is 1.65. The van der Waals surface area contributed by atoms with E-state index in [9.17, 15) is 0 Å². The van der Waals surface area contributed by atoms with Crippen LogP contribution in [-0.4, -0.2) is 42.0 Å². The molecule has 1 aromatic rings. The number of hydrogen-bond donors (Lipinski definition) is 0. The van der Waals surface area contributed by atoms with Crippen LogP contribution < -0.4 is 0 Å². The van der Waals surface area contributed by atoms with Gasteiger partial charge in [0.1, 0.15) is 0 Å². The number of nitrogens with zero attached hydrogens (tertiary/aromatic N) is 2. The second kappa shape index (κ2) is 5.09. The Kier molecular flexibility index (Phi) is 3.50. The maximum Gasteiger partial charge on any atom is 0.0329 e. The molecule has 3 heterocycles. The van der Waals surface area contributed by atoms with Crippen LogP contribution in [0.4, 0.5) is 0 Å². The lowest BCUT2D eigenvalue weighted by Gasteiger charge is -2.46. The molecule has 0 amide bonds. The number of piperazine rings is 1. The second-order valence-electron chi connectivity index (χ2n) is 5.41. The average Bonchev–Trinajstić information content (AvgIpc) is 2.91. The molecule has 94 valence electrons. The van der Waals surface area contributed by atoms with Gasteiger partial charge in [-0.15, -0.1) is 0 Å². The van der Waals surface area contributed by atoms with Crippen LogP contribution in [0.15, 0.2) is 16.8 Å². The zero-order valence-electron chi connectivity index (χ0n) is 10.6. The Morgan fingerprint density at radius 3 is 3.06 bits per heavy atom. The highest BCUT2D eigenvalue weighted by molar-refractivity contribution is 7.07. The molecule has 2 atom stereocenters. The van der Waals surface area contributed by atoms with Gasteiger partial charge in [-0.3, -0.25) is 9.80 Å². The third-order valence-corrected chi connectivity index (χ3v) is 5.14. The summed E-state index contributed by atoms with van der Waals surface area (Å²) >= 11 is 1.82. The summed E-state index contributed by atoms with van der Waals surface area (Å²) in [5.41, 5.74) is 1.50. The van der Waals surface area contributed by atoms with E-state index in [1.165, 1.54) is 51.0 Å². The maximum atomic E-state index is 2.71. The van der Waals surface area contributed by atoms with Crippen molar-refractivity contribution in [1.82, 2.24) is 9.80 Å². The topological polar surface area (TPSA) is 6.48 Å². The zero-order chi connectivity index (χ0) is 11.7. The molecule has 2 saturated heterocycles. The molecule has 0 radical (unpaired) electrons. The van der Waals surface area contributed by atoms with E-state index in [4.69, 9.17) is 0 Å². The molecule has 2 aliphatic rings. The fourth-order valence-electron chi connectivity index (χ4n) is 3.26. The van der Waals surface area contributed by atoms with E-state index >= 15 is 0 Å². The highest BCUT2D eigenvalue weighted by Gasteiger charge is 2.31. The fourth-order valence-corrected chi connectivity index (χ4v) is 4.00. The third kappa shape index (κ3) is 2.42. The summed E-state index contributed by atoms with van der Waals surface area (Å²) in [6.07, 6.45) is 4.26. The minimum Gasteiger partial charge on any atom is -0.298 e. The molecule has 3 rings (SSSR count). The minimum absolute atomic E-state index is 0.602. The van der Waals surface area contributed by atoms with Crippen LogP contribution in [0.5, 0.6) is 0 Å². The van der Waals surface area contributed by atoms with Crippen molar-refractivity contribution in [1.29, 1.82) is 0 Å². The Hall–Kier alpha value is -0.380. The molecule has 0 saturated carbocycles. The normalized spacial score (nSPS) is 28.9. The summed E-state index contributed by atoms with van der Waals surface area (Å²) in [6, 6.07) is 3.71. The molecule has 2 unspecified atom stereocenters. The van der Waals surface area contributed by atoms with Crippen LogP contribution in [0.1, 0.15) is 37.8 Å². The van der Waals surface area contributed by atoms with E-state index in [0.717, 1.165) is 6.04 Å². The van der Waals surface area contributed by atoms with Gasteiger partial charge in [-0.05, 0) is 48.7 Å². The van der Waals surface area contributed by atoms with Crippen molar-refractivity contribution in [3.63, 3.8) is 0 Å². The first-order valence-corrected chi connectivity index (χ1v) is 7.79. The molecular weight excluding hydrogens is 228 g/mol. The lowest BCUT2D eigenvalue weighted by molar-refractivity contribution is 0.0308. The molecule has 2 fully saturated rings. The van der Waals surface area contributed by atoms with Crippen LogP contribution in [0.2, 0.25) is 0 Å². The van der Waals surface area contributed by atoms with E-state index in [2.05, 4.69) is 33.6 Å². The quantitative estimate of drug-likeness (QED) is 0.796. The van der Waals surface area contributed by atoms with Gasteiger partial charge < -0.3 is 0 Å². The highest BCUT2D eigenvalue weighted by Crippen LogP contribution is 2.28. The fraction of sp³-hybridized carbons (Fsp3) is 0.714. The number of thiophene rings is 1. The molecule has 0 spiro atoms. The van der Waals surface area contributed by atoms with Crippen LogP contribution in [-0.2, 0) is 0 Å². The van der Waals surface area contributed by atoms with Crippen molar-refractivity contribution >= 4 is 11.3 Å². The van der Waals surface area contributed by atoms with Gasteiger partial charge in [0.2, 0.25) is 0 Å². The molecule has 0 aliphatic carbocycles. The summed E-state index contributed by atoms with van der Waals surface area (Å²) in [6.45, 7) is 7.50. The molecule has 3 heteroatoms. The van der Waals surface area contributed by atoms with Crippen molar-refractivity contribution in [2.24, 2.45) is 0 Å². The summed E-state index contributed by atoms with van der Waals surface area (Å²) in [7, 11) is 0. The molecular formula is C14H22N2S. The monoisotopic (exact) mass is 250 g/mol. The lowest BCUT2D eigenvalue weighted by Crippen LogP contribution is -2.55. The van der Waals surface area contributed by atoms with Crippen molar-refractivity contribution in [2.75, 3.05) is 26.2 Å². The van der Waals surface area contributed by atoms with Crippen molar-refractivity contribution in [3.8, 4) is 0 Å². The SMILES string of the molecule is CC(c1ccsc1)N1CCN2CCCCC2C1. The van der Waals surface area contributed by atoms with Crippen molar-refractivity contribution in [2.45, 2.75) is 38.3 Å². The smallest absolute Gasteiger partial charge is 0.0329 e.